The third-order valence-electron chi connectivity index (χ3n) is 4.62. The molecule has 158 valence electrons. The van der Waals surface area contributed by atoms with Gasteiger partial charge in [0.1, 0.15) is 0 Å². The molecule has 0 spiro atoms. The first-order valence-corrected chi connectivity index (χ1v) is 12.2. The molecule has 0 bridgehead atoms. The number of halogens is 2. The summed E-state index contributed by atoms with van der Waals surface area (Å²) < 4.78 is 0.967. The number of anilines is 1. The predicted molar refractivity (Wildman–Crippen MR) is 132 cm³/mol. The summed E-state index contributed by atoms with van der Waals surface area (Å²) in [6.45, 7) is 2.35. The Morgan fingerprint density at radius 2 is 1.90 bits per heavy atom. The minimum absolute atomic E-state index is 0.00919. The first kappa shape index (κ1) is 22.1. The van der Waals surface area contributed by atoms with Gasteiger partial charge < -0.3 is 0 Å². The van der Waals surface area contributed by atoms with E-state index in [4.69, 9.17) is 28.2 Å². The van der Waals surface area contributed by atoms with Gasteiger partial charge in [-0.15, -0.1) is 11.8 Å². The molecule has 4 aromatic rings. The Kier molecular flexibility index (Phi) is 7.13. The van der Waals surface area contributed by atoms with Crippen molar-refractivity contribution in [2.45, 2.75) is 24.8 Å². The molecule has 2 heterocycles. The molecule has 2 aromatic carbocycles. The summed E-state index contributed by atoms with van der Waals surface area (Å²) >= 11 is 15.3. The maximum absolute atomic E-state index is 13.2. The fourth-order valence-corrected chi connectivity index (χ4v) is 5.50. The molecule has 0 radical (unpaired) electrons. The molecular weight excluding hydrogens is 469 g/mol. The van der Waals surface area contributed by atoms with Gasteiger partial charge >= 0.3 is 0 Å². The molecule has 0 saturated carbocycles. The number of aryl methyl sites for hydroxylation is 1. The van der Waals surface area contributed by atoms with E-state index in [1.807, 2.05) is 61.5 Å². The molecule has 0 aliphatic heterocycles. The van der Waals surface area contributed by atoms with Crippen molar-refractivity contribution in [3.05, 3.63) is 82.1 Å². The first-order chi connectivity index (χ1) is 15.0. The average molecular weight is 488 g/mol. The molecule has 0 fully saturated rings. The van der Waals surface area contributed by atoms with Crippen LogP contribution in [0.15, 0.2) is 65.7 Å². The van der Waals surface area contributed by atoms with Crippen molar-refractivity contribution in [3.63, 3.8) is 0 Å². The first-order valence-electron chi connectivity index (χ1n) is 9.65. The molecular formula is C23H19Cl2N3OS2. The molecule has 8 heteroatoms. The van der Waals surface area contributed by atoms with Crippen molar-refractivity contribution in [3.8, 4) is 0 Å². The lowest BCUT2D eigenvalue weighted by Gasteiger charge is -2.19. The number of carbonyl (C=O) groups is 1. The molecule has 2 aromatic heterocycles. The number of carbonyl (C=O) groups excluding carboxylic acids is 1. The maximum atomic E-state index is 13.2. The second kappa shape index (κ2) is 10.0. The second-order valence-corrected chi connectivity index (χ2v) is 9.97. The monoisotopic (exact) mass is 487 g/mol. The standard InChI is InChI=1S/C23H19Cl2N3OS2/c1-15-12-17(25)13-20-22(15)27-23(31-20)28(14-18-4-2-3-10-26-18)21(29)9-11-30-19-7-5-16(24)6-8-19/h2-8,10,12-13H,9,11,14H2,1H3. The number of amides is 1. The third kappa shape index (κ3) is 5.57. The van der Waals surface area contributed by atoms with Gasteiger partial charge in [0, 0.05) is 33.3 Å². The molecule has 4 rings (SSSR count). The van der Waals surface area contributed by atoms with Crippen LogP contribution in [-0.4, -0.2) is 21.6 Å². The smallest absolute Gasteiger partial charge is 0.229 e. The van der Waals surface area contributed by atoms with Crippen LogP contribution in [0.2, 0.25) is 10.0 Å². The van der Waals surface area contributed by atoms with Crippen molar-refractivity contribution in [2.75, 3.05) is 10.7 Å². The topological polar surface area (TPSA) is 46.1 Å². The van der Waals surface area contributed by atoms with Crippen molar-refractivity contribution in [2.24, 2.45) is 0 Å². The van der Waals surface area contributed by atoms with Crippen LogP contribution < -0.4 is 4.90 Å². The summed E-state index contributed by atoms with van der Waals surface area (Å²) in [7, 11) is 0. The summed E-state index contributed by atoms with van der Waals surface area (Å²) in [5, 5.41) is 2.03. The minimum atomic E-state index is 0.00919. The number of aromatic nitrogens is 2. The number of nitrogens with zero attached hydrogens (tertiary/aromatic N) is 3. The van der Waals surface area contributed by atoms with Crippen molar-refractivity contribution < 1.29 is 4.79 Å². The van der Waals surface area contributed by atoms with E-state index in [1.54, 1.807) is 22.9 Å². The maximum Gasteiger partial charge on any atom is 0.229 e. The van der Waals surface area contributed by atoms with E-state index in [-0.39, 0.29) is 5.91 Å². The van der Waals surface area contributed by atoms with Crippen LogP contribution in [0.3, 0.4) is 0 Å². The van der Waals surface area contributed by atoms with Crippen LogP contribution in [0.25, 0.3) is 10.2 Å². The summed E-state index contributed by atoms with van der Waals surface area (Å²) in [5.74, 6) is 0.671. The highest BCUT2D eigenvalue weighted by atomic mass is 35.5. The second-order valence-electron chi connectivity index (χ2n) is 6.92. The van der Waals surface area contributed by atoms with E-state index < -0.39 is 0 Å². The van der Waals surface area contributed by atoms with Crippen molar-refractivity contribution >= 4 is 67.6 Å². The molecule has 0 aliphatic rings. The highest BCUT2D eigenvalue weighted by Crippen LogP contribution is 2.34. The zero-order chi connectivity index (χ0) is 21.8. The van der Waals surface area contributed by atoms with Crippen molar-refractivity contribution in [1.82, 2.24) is 9.97 Å². The normalized spacial score (nSPS) is 11.1. The Balaban J connectivity index is 1.55. The van der Waals surface area contributed by atoms with Gasteiger partial charge in [0.25, 0.3) is 0 Å². The number of fused-ring (bicyclic) bond motifs is 1. The minimum Gasteiger partial charge on any atom is -0.282 e. The number of benzene rings is 2. The number of thiazole rings is 1. The van der Waals surface area contributed by atoms with E-state index in [1.165, 1.54) is 11.3 Å². The van der Waals surface area contributed by atoms with Gasteiger partial charge in [-0.1, -0.05) is 40.6 Å². The van der Waals surface area contributed by atoms with Gasteiger partial charge in [-0.05, 0) is 61.0 Å². The Morgan fingerprint density at radius 1 is 1.10 bits per heavy atom. The molecule has 0 atom stereocenters. The lowest BCUT2D eigenvalue weighted by molar-refractivity contribution is -0.118. The van der Waals surface area contributed by atoms with Crippen molar-refractivity contribution in [1.29, 1.82) is 0 Å². The van der Waals surface area contributed by atoms with Gasteiger partial charge in [-0.2, -0.15) is 0 Å². The summed E-state index contributed by atoms with van der Waals surface area (Å²) in [4.78, 5) is 25.2. The zero-order valence-electron chi connectivity index (χ0n) is 16.7. The van der Waals surface area contributed by atoms with Gasteiger partial charge in [0.15, 0.2) is 5.13 Å². The molecule has 0 aliphatic carbocycles. The van der Waals surface area contributed by atoms with Crippen LogP contribution in [0, 0.1) is 6.92 Å². The van der Waals surface area contributed by atoms with E-state index in [0.29, 0.717) is 33.9 Å². The van der Waals surface area contributed by atoms with Crippen LogP contribution >= 0.6 is 46.3 Å². The lowest BCUT2D eigenvalue weighted by atomic mass is 10.2. The van der Waals surface area contributed by atoms with E-state index >= 15 is 0 Å². The average Bonchev–Trinajstić information content (AvgIpc) is 3.18. The zero-order valence-corrected chi connectivity index (χ0v) is 19.9. The van der Waals surface area contributed by atoms with Crippen LogP contribution in [0.1, 0.15) is 17.7 Å². The van der Waals surface area contributed by atoms with Gasteiger partial charge in [-0.25, -0.2) is 4.98 Å². The number of hydrogen-bond acceptors (Lipinski definition) is 5. The van der Waals surface area contributed by atoms with Crippen LogP contribution in [-0.2, 0) is 11.3 Å². The number of thioether (sulfide) groups is 1. The molecule has 1 amide bonds. The SMILES string of the molecule is Cc1cc(Cl)cc2sc(N(Cc3ccccn3)C(=O)CCSc3ccc(Cl)cc3)nc12. The summed E-state index contributed by atoms with van der Waals surface area (Å²) in [6.07, 6.45) is 2.12. The third-order valence-corrected chi connectivity index (χ3v) is 7.12. The summed E-state index contributed by atoms with van der Waals surface area (Å²) in [5.41, 5.74) is 2.68. The fraction of sp³-hybridized carbons (Fsp3) is 0.174. The van der Waals surface area contributed by atoms with Crippen LogP contribution in [0.5, 0.6) is 0 Å². The largest absolute Gasteiger partial charge is 0.282 e. The predicted octanol–water partition coefficient (Wildman–Crippen LogP) is 7.02. The quantitative estimate of drug-likeness (QED) is 0.262. The fourth-order valence-electron chi connectivity index (χ4n) is 3.10. The molecule has 0 N–H and O–H groups in total. The Hall–Kier alpha value is -2.12. The highest BCUT2D eigenvalue weighted by molar-refractivity contribution is 7.99. The summed E-state index contributed by atoms with van der Waals surface area (Å²) in [6, 6.07) is 17.1. The number of rotatable bonds is 7. The Morgan fingerprint density at radius 3 is 2.65 bits per heavy atom. The Labute approximate surface area is 199 Å². The van der Waals surface area contributed by atoms with Crippen LogP contribution in [0.4, 0.5) is 5.13 Å². The van der Waals surface area contributed by atoms with E-state index in [0.717, 1.165) is 26.4 Å². The highest BCUT2D eigenvalue weighted by Gasteiger charge is 2.21. The number of hydrogen-bond donors (Lipinski definition) is 0. The molecule has 4 nitrogen and oxygen atoms in total. The molecule has 0 saturated heterocycles. The van der Waals surface area contributed by atoms with Gasteiger partial charge in [0.05, 0.1) is 22.5 Å². The lowest BCUT2D eigenvalue weighted by Crippen LogP contribution is -2.30. The Bertz CT molecular complexity index is 1200. The number of pyridine rings is 1. The van der Waals surface area contributed by atoms with E-state index in [2.05, 4.69) is 4.98 Å². The van der Waals surface area contributed by atoms with E-state index in [9.17, 15) is 4.79 Å². The van der Waals surface area contributed by atoms with Gasteiger partial charge in [0.2, 0.25) is 5.91 Å². The molecule has 31 heavy (non-hydrogen) atoms. The molecule has 0 unspecified atom stereocenters. The van der Waals surface area contributed by atoms with Gasteiger partial charge in [-0.3, -0.25) is 14.7 Å².